The lowest BCUT2D eigenvalue weighted by Crippen LogP contribution is -1.96. The van der Waals surface area contributed by atoms with E-state index in [2.05, 4.69) is 41.9 Å². The first kappa shape index (κ1) is 8.90. The van der Waals surface area contributed by atoms with Gasteiger partial charge in [-0.15, -0.1) is 0 Å². The molecule has 13 heavy (non-hydrogen) atoms. The van der Waals surface area contributed by atoms with Crippen LogP contribution in [0.25, 0.3) is 5.69 Å². The van der Waals surface area contributed by atoms with E-state index in [1.807, 2.05) is 18.3 Å². The molecule has 0 aromatic carbocycles. The van der Waals surface area contributed by atoms with Gasteiger partial charge in [-0.3, -0.25) is 0 Å². The van der Waals surface area contributed by atoms with Crippen molar-refractivity contribution in [2.75, 3.05) is 0 Å². The molecule has 0 fully saturated rings. The molecule has 2 heterocycles. The van der Waals surface area contributed by atoms with E-state index in [-0.39, 0.29) is 0 Å². The van der Waals surface area contributed by atoms with Crippen LogP contribution in [0.3, 0.4) is 0 Å². The maximum absolute atomic E-state index is 4.13. The summed E-state index contributed by atoms with van der Waals surface area (Å²) in [6.45, 7) is 0. The molecule has 66 valence electrons. The smallest absolute Gasteiger partial charge is 0.122 e. The summed E-state index contributed by atoms with van der Waals surface area (Å²) in [6, 6.07) is 3.77. The fourth-order valence-corrected chi connectivity index (χ4v) is 1.73. The third kappa shape index (κ3) is 1.66. The Morgan fingerprint density at radius 3 is 2.77 bits per heavy atom. The molecule has 0 aliphatic rings. The van der Waals surface area contributed by atoms with E-state index in [0.29, 0.717) is 0 Å². The predicted molar refractivity (Wildman–Crippen MR) is 56.8 cm³/mol. The summed E-state index contributed by atoms with van der Waals surface area (Å²) >= 11 is 6.76. The zero-order valence-corrected chi connectivity index (χ0v) is 9.66. The topological polar surface area (TPSA) is 30.7 Å². The van der Waals surface area contributed by atoms with Crippen LogP contribution in [-0.2, 0) is 0 Å². The van der Waals surface area contributed by atoms with Crippen LogP contribution in [0.4, 0.5) is 0 Å². The zero-order valence-electron chi connectivity index (χ0n) is 6.48. The van der Waals surface area contributed by atoms with Crippen molar-refractivity contribution in [3.63, 3.8) is 0 Å². The number of hydrogen-bond acceptors (Lipinski definition) is 2. The van der Waals surface area contributed by atoms with Crippen molar-refractivity contribution in [3.05, 3.63) is 39.8 Å². The van der Waals surface area contributed by atoms with Crippen LogP contribution in [0.5, 0.6) is 0 Å². The molecule has 2 aromatic rings. The van der Waals surface area contributed by atoms with Crippen molar-refractivity contribution < 1.29 is 0 Å². The van der Waals surface area contributed by atoms with Gasteiger partial charge in [0.05, 0.1) is 10.2 Å². The second-order valence-electron chi connectivity index (χ2n) is 2.39. The Labute approximate surface area is 92.1 Å². The molecule has 0 amide bonds. The van der Waals surface area contributed by atoms with Crippen LogP contribution in [0, 0.1) is 0 Å². The van der Waals surface area contributed by atoms with E-state index in [0.717, 1.165) is 14.8 Å². The van der Waals surface area contributed by atoms with Gasteiger partial charge in [0.2, 0.25) is 0 Å². The van der Waals surface area contributed by atoms with Gasteiger partial charge in [0, 0.05) is 18.6 Å². The van der Waals surface area contributed by atoms with Crippen LogP contribution >= 0.6 is 31.9 Å². The van der Waals surface area contributed by atoms with Crippen LogP contribution in [0.2, 0.25) is 0 Å². The fourth-order valence-electron chi connectivity index (χ4n) is 0.997. The number of pyridine rings is 1. The monoisotopic (exact) mass is 301 g/mol. The Bertz CT molecular complexity index is 411. The summed E-state index contributed by atoms with van der Waals surface area (Å²) in [5, 5.41) is 4.13. The molecular formula is C8H5Br2N3. The van der Waals surface area contributed by atoms with Crippen molar-refractivity contribution >= 4 is 31.9 Å². The molecule has 0 N–H and O–H groups in total. The highest BCUT2D eigenvalue weighted by Gasteiger charge is 2.05. The lowest BCUT2D eigenvalue weighted by Gasteiger charge is -2.04. The Kier molecular flexibility index (Phi) is 2.46. The van der Waals surface area contributed by atoms with Crippen molar-refractivity contribution in [1.82, 2.24) is 14.8 Å². The summed E-state index contributed by atoms with van der Waals surface area (Å²) in [5.74, 6) is 0. The third-order valence-corrected chi connectivity index (χ3v) is 3.49. The first-order valence-electron chi connectivity index (χ1n) is 3.59. The van der Waals surface area contributed by atoms with Gasteiger partial charge in [0.15, 0.2) is 0 Å². The summed E-state index contributed by atoms with van der Waals surface area (Å²) in [7, 11) is 0. The van der Waals surface area contributed by atoms with E-state index in [1.165, 1.54) is 0 Å². The first-order valence-corrected chi connectivity index (χ1v) is 5.17. The molecule has 0 radical (unpaired) electrons. The summed E-state index contributed by atoms with van der Waals surface area (Å²) in [6.07, 6.45) is 5.35. The minimum atomic E-state index is 0.778. The Balaban J connectivity index is 2.59. The van der Waals surface area contributed by atoms with Crippen molar-refractivity contribution in [2.24, 2.45) is 0 Å². The van der Waals surface area contributed by atoms with Gasteiger partial charge >= 0.3 is 0 Å². The van der Waals surface area contributed by atoms with Gasteiger partial charge in [-0.25, -0.2) is 9.67 Å². The second kappa shape index (κ2) is 3.59. The highest BCUT2D eigenvalue weighted by Crippen LogP contribution is 2.26. The molecular weight excluding hydrogens is 298 g/mol. The number of halogens is 2. The molecule has 5 heteroatoms. The van der Waals surface area contributed by atoms with E-state index in [9.17, 15) is 0 Å². The normalized spacial score (nSPS) is 10.3. The first-order chi connectivity index (χ1) is 6.29. The molecule has 0 atom stereocenters. The maximum atomic E-state index is 4.13. The Hall–Kier alpha value is -0.680. The molecule has 2 rings (SSSR count). The Morgan fingerprint density at radius 2 is 2.08 bits per heavy atom. The number of hydrogen-bond donors (Lipinski definition) is 0. The molecule has 0 spiro atoms. The van der Waals surface area contributed by atoms with E-state index < -0.39 is 0 Å². The van der Waals surface area contributed by atoms with Gasteiger partial charge in [0.1, 0.15) is 4.60 Å². The maximum Gasteiger partial charge on any atom is 0.122 e. The zero-order chi connectivity index (χ0) is 9.26. The SMILES string of the molecule is Brc1nccc(-n2cccn2)c1Br. The summed E-state index contributed by atoms with van der Waals surface area (Å²) in [4.78, 5) is 4.08. The largest absolute Gasteiger partial charge is 0.248 e. The lowest BCUT2D eigenvalue weighted by atomic mass is 10.4. The number of aromatic nitrogens is 3. The molecule has 0 saturated heterocycles. The van der Waals surface area contributed by atoms with Crippen molar-refractivity contribution in [3.8, 4) is 5.69 Å². The molecule has 0 aliphatic heterocycles. The highest BCUT2D eigenvalue weighted by atomic mass is 79.9. The van der Waals surface area contributed by atoms with Crippen LogP contribution in [0.1, 0.15) is 0 Å². The number of nitrogens with zero attached hydrogens (tertiary/aromatic N) is 3. The lowest BCUT2D eigenvalue weighted by molar-refractivity contribution is 0.870. The van der Waals surface area contributed by atoms with Crippen molar-refractivity contribution in [2.45, 2.75) is 0 Å². The van der Waals surface area contributed by atoms with E-state index >= 15 is 0 Å². The van der Waals surface area contributed by atoms with Crippen LogP contribution < -0.4 is 0 Å². The van der Waals surface area contributed by atoms with E-state index in [4.69, 9.17) is 0 Å². The molecule has 2 aromatic heterocycles. The summed E-state index contributed by atoms with van der Waals surface area (Å²) < 4.78 is 3.45. The number of rotatable bonds is 1. The standard InChI is InChI=1S/C8H5Br2N3/c9-7-6(2-4-11-8(7)10)13-5-1-3-12-13/h1-5H. The van der Waals surface area contributed by atoms with E-state index in [1.54, 1.807) is 17.1 Å². The minimum Gasteiger partial charge on any atom is -0.248 e. The average molecular weight is 303 g/mol. The van der Waals surface area contributed by atoms with Gasteiger partial charge in [0.25, 0.3) is 0 Å². The predicted octanol–water partition coefficient (Wildman–Crippen LogP) is 2.79. The molecule has 3 nitrogen and oxygen atoms in total. The fraction of sp³-hybridized carbons (Fsp3) is 0. The Morgan fingerprint density at radius 1 is 1.23 bits per heavy atom. The quantitative estimate of drug-likeness (QED) is 0.759. The van der Waals surface area contributed by atoms with Gasteiger partial charge in [-0.1, -0.05) is 0 Å². The van der Waals surface area contributed by atoms with Gasteiger partial charge in [-0.05, 0) is 44.0 Å². The van der Waals surface area contributed by atoms with Crippen LogP contribution in [0.15, 0.2) is 39.8 Å². The molecule has 0 bridgehead atoms. The third-order valence-electron chi connectivity index (χ3n) is 1.58. The average Bonchev–Trinajstić information content (AvgIpc) is 2.62. The van der Waals surface area contributed by atoms with Gasteiger partial charge in [-0.2, -0.15) is 5.10 Å². The molecule has 0 unspecified atom stereocenters. The minimum absolute atomic E-state index is 0.778. The second-order valence-corrected chi connectivity index (χ2v) is 3.93. The highest BCUT2D eigenvalue weighted by molar-refractivity contribution is 9.13. The summed E-state index contributed by atoms with van der Waals surface area (Å²) in [5.41, 5.74) is 0.965. The van der Waals surface area contributed by atoms with Gasteiger partial charge < -0.3 is 0 Å². The van der Waals surface area contributed by atoms with Crippen molar-refractivity contribution in [1.29, 1.82) is 0 Å². The van der Waals surface area contributed by atoms with Crippen LogP contribution in [-0.4, -0.2) is 14.8 Å². The molecule has 0 saturated carbocycles. The molecule has 0 aliphatic carbocycles.